The average Bonchev–Trinajstić information content (AvgIpc) is 2.83. The lowest BCUT2D eigenvalue weighted by Gasteiger charge is -2.31. The highest BCUT2D eigenvalue weighted by atomic mass is 35.5. The van der Waals surface area contributed by atoms with Crippen molar-refractivity contribution in [1.82, 2.24) is 15.3 Å². The third kappa shape index (κ3) is 5.68. The number of hydrogen-bond acceptors (Lipinski definition) is 6. The Morgan fingerprint density at radius 2 is 1.80 bits per heavy atom. The van der Waals surface area contributed by atoms with Crippen LogP contribution in [0.3, 0.4) is 0 Å². The lowest BCUT2D eigenvalue weighted by molar-refractivity contribution is 0.225. The summed E-state index contributed by atoms with van der Waals surface area (Å²) in [5.74, 6) is 1.92. The van der Waals surface area contributed by atoms with Crippen LogP contribution in [0.5, 0.6) is 5.75 Å². The summed E-state index contributed by atoms with van der Waals surface area (Å²) in [5, 5.41) is 8.76. The molecule has 1 atom stereocenters. The highest BCUT2D eigenvalue weighted by Crippen LogP contribution is 2.35. The molecular formula is C27H33ClFN5O. The van der Waals surface area contributed by atoms with E-state index in [1.165, 1.54) is 12.1 Å². The number of nitrogens with zero attached hydrogens (tertiary/aromatic N) is 3. The minimum Gasteiger partial charge on any atom is -0.484 e. The van der Waals surface area contributed by atoms with Crippen molar-refractivity contribution in [3.8, 4) is 5.75 Å². The third-order valence-electron chi connectivity index (χ3n) is 6.48. The van der Waals surface area contributed by atoms with Crippen LogP contribution in [0.4, 0.5) is 16.2 Å². The lowest BCUT2D eigenvalue weighted by Crippen LogP contribution is -2.41. The van der Waals surface area contributed by atoms with Gasteiger partial charge in [0, 0.05) is 43.7 Å². The quantitative estimate of drug-likeness (QED) is 0.447. The van der Waals surface area contributed by atoms with Crippen molar-refractivity contribution in [2.75, 3.05) is 30.9 Å². The van der Waals surface area contributed by atoms with E-state index < -0.39 is 0 Å². The fraction of sp³-hybridized carbons (Fsp3) is 0.407. The van der Waals surface area contributed by atoms with Gasteiger partial charge in [-0.3, -0.25) is 0 Å². The van der Waals surface area contributed by atoms with Crippen LogP contribution >= 0.6 is 11.6 Å². The van der Waals surface area contributed by atoms with Crippen molar-refractivity contribution in [2.24, 2.45) is 0 Å². The summed E-state index contributed by atoms with van der Waals surface area (Å²) in [4.78, 5) is 11.5. The van der Waals surface area contributed by atoms with Crippen LogP contribution in [0, 0.1) is 5.82 Å². The van der Waals surface area contributed by atoms with Gasteiger partial charge in [-0.05, 0) is 62.1 Å². The minimum absolute atomic E-state index is 0. The molecule has 2 aromatic carbocycles. The van der Waals surface area contributed by atoms with Crippen LogP contribution in [0.15, 0.2) is 48.5 Å². The van der Waals surface area contributed by atoms with Crippen LogP contribution in [0.2, 0.25) is 0 Å². The maximum atomic E-state index is 13.5. The Balaban J connectivity index is 0.00000289. The molecule has 0 amide bonds. The molecule has 186 valence electrons. The third-order valence-corrected chi connectivity index (χ3v) is 6.81. The minimum atomic E-state index is -0.317. The summed E-state index contributed by atoms with van der Waals surface area (Å²) in [6, 6.07) is 13.3. The van der Waals surface area contributed by atoms with E-state index in [0.717, 1.165) is 42.4 Å². The molecule has 2 heterocycles. The highest BCUT2D eigenvalue weighted by molar-refractivity contribution is 6.49. The van der Waals surface area contributed by atoms with Gasteiger partial charge < -0.3 is 20.3 Å². The molecule has 1 aliphatic carbocycles. The fourth-order valence-electron chi connectivity index (χ4n) is 4.71. The first-order valence-corrected chi connectivity index (χ1v) is 12.1. The van der Waals surface area contributed by atoms with Gasteiger partial charge in [-0.1, -0.05) is 31.2 Å². The first kappa shape index (κ1) is 25.2. The first-order chi connectivity index (χ1) is 16.5. The molecule has 0 spiro atoms. The van der Waals surface area contributed by atoms with E-state index in [1.54, 1.807) is 6.07 Å². The Labute approximate surface area is 211 Å². The summed E-state index contributed by atoms with van der Waals surface area (Å²) in [7, 11) is 4.01. The van der Waals surface area contributed by atoms with Crippen LogP contribution in [0.25, 0.3) is 15.9 Å². The van der Waals surface area contributed by atoms with E-state index >= 15 is 0 Å². The van der Waals surface area contributed by atoms with E-state index in [2.05, 4.69) is 16.7 Å². The molecule has 3 aromatic rings. The predicted octanol–water partition coefficient (Wildman–Crippen LogP) is 5.82. The number of ether oxygens (including phenoxy) is 1. The Morgan fingerprint density at radius 3 is 2.57 bits per heavy atom. The Morgan fingerprint density at radius 1 is 1.06 bits per heavy atom. The summed E-state index contributed by atoms with van der Waals surface area (Å²) in [5.41, 5.74) is 1.56. The number of nitrogens with one attached hydrogen (secondary N) is 2. The molecule has 6 nitrogen and oxygen atoms in total. The average molecular weight is 498 g/mol. The number of benzene rings is 2. The highest BCUT2D eigenvalue weighted by Gasteiger charge is 2.25. The second kappa shape index (κ2) is 10.8. The molecule has 8 heteroatoms. The maximum Gasteiger partial charge on any atom is 0.225 e. The van der Waals surface area contributed by atoms with E-state index in [0.29, 0.717) is 40.9 Å². The normalized spacial score (nSPS) is 21.4. The molecule has 35 heavy (non-hydrogen) atoms. The zero-order chi connectivity index (χ0) is 23.7. The first-order valence-electron chi connectivity index (χ1n) is 11.7. The number of anilines is 2. The number of rotatable bonds is 6. The molecule has 0 bridgehead atoms. The van der Waals surface area contributed by atoms with Gasteiger partial charge in [0.05, 0.1) is 10.5 Å². The summed E-state index contributed by atoms with van der Waals surface area (Å²) in [6.45, 7) is 0.662. The second-order valence-corrected chi connectivity index (χ2v) is 9.60. The molecular weight excluding hydrogens is 465 g/mol. The molecule has 1 fully saturated rings. The Kier molecular flexibility index (Phi) is 7.77. The van der Waals surface area contributed by atoms with Crippen LogP contribution in [0.1, 0.15) is 38.7 Å². The van der Waals surface area contributed by atoms with Gasteiger partial charge in [0.1, 0.15) is 23.5 Å². The summed E-state index contributed by atoms with van der Waals surface area (Å²) in [6.07, 6.45) is 5.86. The van der Waals surface area contributed by atoms with Gasteiger partial charge in [-0.15, -0.1) is 0 Å². The van der Waals surface area contributed by atoms with Gasteiger partial charge >= 0.3 is 0 Å². The Bertz CT molecular complexity index is 1210. The second-order valence-electron chi connectivity index (χ2n) is 9.19. The van der Waals surface area contributed by atoms with Crippen molar-refractivity contribution in [3.05, 3.63) is 59.9 Å². The largest absolute Gasteiger partial charge is 0.484 e. The van der Waals surface area contributed by atoms with Crippen molar-refractivity contribution in [1.29, 1.82) is 0 Å². The fourth-order valence-corrected chi connectivity index (χ4v) is 5.00. The van der Waals surface area contributed by atoms with E-state index in [-0.39, 0.29) is 19.3 Å². The molecule has 2 N–H and O–H groups in total. The number of aromatic nitrogens is 2. The van der Waals surface area contributed by atoms with Crippen molar-refractivity contribution in [2.45, 2.75) is 51.3 Å². The molecule has 2 aliphatic rings. The van der Waals surface area contributed by atoms with Crippen molar-refractivity contribution < 1.29 is 9.13 Å². The number of hydrogen-bond donors (Lipinski definition) is 2. The number of fused-ring (bicyclic) bond motifs is 2. The van der Waals surface area contributed by atoms with Gasteiger partial charge in [0.2, 0.25) is 5.95 Å². The smallest absolute Gasteiger partial charge is 0.225 e. The topological polar surface area (TPSA) is 62.3 Å². The molecule has 1 aromatic heterocycles. The van der Waals surface area contributed by atoms with Gasteiger partial charge in [0.25, 0.3) is 0 Å². The van der Waals surface area contributed by atoms with Crippen LogP contribution in [-0.2, 0) is 0 Å². The lowest BCUT2D eigenvalue weighted by atomic mass is 9.91. The molecule has 1 aliphatic heterocycles. The zero-order valence-corrected chi connectivity index (χ0v) is 20.1. The molecule has 0 radical (unpaired) electrons. The SMILES string of the molecule is C.CN(C)c1nc(NC2CCC(NCC3C=C(Cl)c4cc(F)ccc4O3)CC2)nc2ccccc12. The van der Waals surface area contributed by atoms with Crippen LogP contribution in [-0.4, -0.2) is 48.8 Å². The van der Waals surface area contributed by atoms with Crippen LogP contribution < -0.4 is 20.3 Å². The molecule has 0 saturated heterocycles. The zero-order valence-electron chi connectivity index (χ0n) is 19.4. The standard InChI is InChI=1S/C26H29ClFN5O.CH4/c1-33(2)25-20-5-3-4-6-23(20)31-26(32-25)30-18-10-8-17(9-11-18)29-15-19-14-22(27)21-13-16(28)7-12-24(21)34-19;/h3-7,12-14,17-19,29H,8-11,15H2,1-2H3,(H,30,31,32);1H4. The number of halogens is 2. The molecule has 1 unspecified atom stereocenters. The predicted molar refractivity (Wildman–Crippen MR) is 143 cm³/mol. The van der Waals surface area contributed by atoms with Crippen molar-refractivity contribution in [3.63, 3.8) is 0 Å². The number of para-hydroxylation sites is 1. The Hall–Kier alpha value is -2.90. The monoisotopic (exact) mass is 497 g/mol. The van der Waals surface area contributed by atoms with Gasteiger partial charge in [0.15, 0.2) is 0 Å². The molecule has 1 saturated carbocycles. The molecule has 5 rings (SSSR count). The summed E-state index contributed by atoms with van der Waals surface area (Å²) >= 11 is 6.36. The van der Waals surface area contributed by atoms with Gasteiger partial charge in [-0.2, -0.15) is 4.98 Å². The van der Waals surface area contributed by atoms with E-state index in [4.69, 9.17) is 26.3 Å². The van der Waals surface area contributed by atoms with E-state index in [1.807, 2.05) is 43.3 Å². The van der Waals surface area contributed by atoms with Gasteiger partial charge in [-0.25, -0.2) is 9.37 Å². The maximum absolute atomic E-state index is 13.5. The van der Waals surface area contributed by atoms with E-state index in [9.17, 15) is 4.39 Å². The van der Waals surface area contributed by atoms with Crippen molar-refractivity contribution >= 4 is 39.3 Å². The summed E-state index contributed by atoms with van der Waals surface area (Å²) < 4.78 is 19.5.